The van der Waals surface area contributed by atoms with Crippen molar-refractivity contribution in [1.82, 2.24) is 0 Å². The smallest absolute Gasteiger partial charge is 0.306 e. The van der Waals surface area contributed by atoms with Crippen molar-refractivity contribution in [2.45, 2.75) is 330 Å². The molecule has 370 valence electrons. The molecule has 2 atom stereocenters. The Balaban J connectivity index is -0.000000971. The first-order chi connectivity index (χ1) is 30.3. The number of aliphatic hydroxyl groups is 2. The molecule has 0 saturated carbocycles. The molecule has 62 heavy (non-hydrogen) atoms. The fraction of sp³-hybridized carbons (Fsp3) is 0.929. The third-order valence-electron chi connectivity index (χ3n) is 11.9. The molecule has 6 heteroatoms. The fourth-order valence-electron chi connectivity index (χ4n) is 7.75. The van der Waals surface area contributed by atoms with Crippen LogP contribution in [0.25, 0.3) is 0 Å². The van der Waals surface area contributed by atoms with Crippen molar-refractivity contribution in [2.24, 2.45) is 0 Å². The van der Waals surface area contributed by atoms with Gasteiger partial charge in [-0.2, -0.15) is 0 Å². The number of hydrogen-bond acceptors (Lipinski definition) is 6. The number of unbranched alkanes of at least 4 members (excludes halogenated alkanes) is 27. The van der Waals surface area contributed by atoms with Gasteiger partial charge in [-0.3, -0.25) is 9.59 Å². The first-order valence-corrected chi connectivity index (χ1v) is 27.4. The zero-order valence-electron chi connectivity index (χ0n) is 42.7. The van der Waals surface area contributed by atoms with Crippen LogP contribution in [0.2, 0.25) is 0 Å². The van der Waals surface area contributed by atoms with E-state index in [4.69, 9.17) is 21.0 Å². The van der Waals surface area contributed by atoms with E-state index < -0.39 is 6.10 Å². The Morgan fingerprint density at radius 1 is 0.403 bits per heavy atom. The van der Waals surface area contributed by atoms with Crippen LogP contribution in [-0.4, -0.2) is 47.1 Å². The van der Waals surface area contributed by atoms with Crippen LogP contribution in [0.15, 0.2) is 0 Å². The number of aliphatic hydroxyl groups excluding tert-OH is 2. The highest BCUT2D eigenvalue weighted by molar-refractivity contribution is 5.69. The largest absolute Gasteiger partial charge is 0.462 e. The average Bonchev–Trinajstić information content (AvgIpc) is 3.26. The maximum atomic E-state index is 12.3. The van der Waals surface area contributed by atoms with Crippen LogP contribution in [0.3, 0.4) is 0 Å². The van der Waals surface area contributed by atoms with Gasteiger partial charge in [0.05, 0.1) is 6.10 Å². The highest BCUT2D eigenvalue weighted by Gasteiger charge is 2.15. The molecule has 0 saturated heterocycles. The topological polar surface area (TPSA) is 93.1 Å². The van der Waals surface area contributed by atoms with Crippen LogP contribution in [0.5, 0.6) is 0 Å². The minimum absolute atomic E-state index is 0.0494. The number of ether oxygens (including phenoxy) is 2. The molecular weight excluding hydrogens is 769 g/mol. The molecule has 0 heterocycles. The van der Waals surface area contributed by atoms with Crippen LogP contribution in [0.4, 0.5) is 0 Å². The quantitative estimate of drug-likeness (QED) is 0.0360. The first-order valence-electron chi connectivity index (χ1n) is 27.4. The molecule has 0 amide bonds. The van der Waals surface area contributed by atoms with E-state index in [0.717, 1.165) is 70.6 Å². The van der Waals surface area contributed by atoms with Crippen LogP contribution < -0.4 is 0 Å². The molecule has 0 spiro atoms. The molecule has 0 aliphatic carbocycles. The minimum Gasteiger partial charge on any atom is -0.462 e. The predicted octanol–water partition coefficient (Wildman–Crippen LogP) is 17.3. The van der Waals surface area contributed by atoms with Crippen LogP contribution >= 0.6 is 0 Å². The van der Waals surface area contributed by atoms with Gasteiger partial charge in [0, 0.05) is 25.9 Å². The number of esters is 2. The molecule has 0 aromatic rings. The summed E-state index contributed by atoms with van der Waals surface area (Å²) in [4.78, 5) is 24.4. The summed E-state index contributed by atoms with van der Waals surface area (Å²) >= 11 is 0. The minimum atomic E-state index is -0.401. The Labute approximate surface area is 388 Å². The van der Waals surface area contributed by atoms with Crippen molar-refractivity contribution in [2.75, 3.05) is 6.61 Å². The van der Waals surface area contributed by atoms with E-state index >= 15 is 0 Å². The maximum absolute atomic E-state index is 12.3. The number of carbonyl (C=O) groups is 2. The lowest BCUT2D eigenvalue weighted by Gasteiger charge is -2.18. The van der Waals surface area contributed by atoms with Crippen molar-refractivity contribution in [1.29, 1.82) is 0 Å². The lowest BCUT2D eigenvalue weighted by atomic mass is 10.0. The van der Waals surface area contributed by atoms with Gasteiger partial charge in [0.1, 0.15) is 12.2 Å². The molecule has 2 unspecified atom stereocenters. The summed E-state index contributed by atoms with van der Waals surface area (Å²) in [6.45, 7) is 13.7. The number of terminal acetylenes is 1. The summed E-state index contributed by atoms with van der Waals surface area (Å²) in [5.41, 5.74) is 0. The van der Waals surface area contributed by atoms with E-state index in [2.05, 4.69) is 47.5 Å². The van der Waals surface area contributed by atoms with Crippen molar-refractivity contribution in [3.8, 4) is 12.3 Å². The molecule has 2 N–H and O–H groups in total. The van der Waals surface area contributed by atoms with Crippen LogP contribution in [0.1, 0.15) is 311 Å². The van der Waals surface area contributed by atoms with Crippen molar-refractivity contribution in [3.05, 3.63) is 0 Å². The van der Waals surface area contributed by atoms with Crippen molar-refractivity contribution in [3.63, 3.8) is 0 Å². The summed E-state index contributed by atoms with van der Waals surface area (Å²) < 4.78 is 11.7. The molecule has 0 fully saturated rings. The lowest BCUT2D eigenvalue weighted by Crippen LogP contribution is -2.18. The van der Waals surface area contributed by atoms with Gasteiger partial charge in [0.15, 0.2) is 0 Å². The Morgan fingerprint density at radius 2 is 0.661 bits per heavy atom. The summed E-state index contributed by atoms with van der Waals surface area (Å²) in [6.07, 6.45) is 53.1. The molecule has 6 nitrogen and oxygen atoms in total. The maximum Gasteiger partial charge on any atom is 0.306 e. The Morgan fingerprint density at radius 3 is 1.00 bits per heavy atom. The highest BCUT2D eigenvalue weighted by Crippen LogP contribution is 2.20. The zero-order chi connectivity index (χ0) is 46.4. The fourth-order valence-corrected chi connectivity index (χ4v) is 7.75. The second-order valence-corrected chi connectivity index (χ2v) is 18.4. The zero-order valence-corrected chi connectivity index (χ0v) is 42.7. The van der Waals surface area contributed by atoms with E-state index in [-0.39, 0.29) is 24.1 Å². The van der Waals surface area contributed by atoms with Gasteiger partial charge in [-0.25, -0.2) is 0 Å². The van der Waals surface area contributed by atoms with E-state index in [1.807, 2.05) is 0 Å². The van der Waals surface area contributed by atoms with Crippen molar-refractivity contribution < 1.29 is 29.3 Å². The molecule has 0 radical (unpaired) electrons. The SMILES string of the molecule is C#CCC(O)CCCCCC(=O)OC(CCCCC)CCCCCCCC.CCCCCCCCC(=O)OC(CCCCCCCC)CCCCCCCC.CCCCCCO. The monoisotopic (exact) mass is 879 g/mol. The summed E-state index contributed by atoms with van der Waals surface area (Å²) in [5, 5.41) is 17.9. The van der Waals surface area contributed by atoms with Crippen LogP contribution in [-0.2, 0) is 19.1 Å². The van der Waals surface area contributed by atoms with E-state index in [1.165, 1.54) is 180 Å². The lowest BCUT2D eigenvalue weighted by molar-refractivity contribution is -0.151. The molecule has 0 bridgehead atoms. The van der Waals surface area contributed by atoms with Gasteiger partial charge in [-0.15, -0.1) is 12.3 Å². The second-order valence-electron chi connectivity index (χ2n) is 18.4. The summed E-state index contributed by atoms with van der Waals surface area (Å²) in [5.74, 6) is 2.48. The molecule has 0 rings (SSSR count). The van der Waals surface area contributed by atoms with Gasteiger partial charge < -0.3 is 19.7 Å². The Kier molecular flexibility index (Phi) is 59.9. The normalized spacial score (nSPS) is 11.9. The van der Waals surface area contributed by atoms with Gasteiger partial charge in [-0.05, 0) is 77.0 Å². The van der Waals surface area contributed by atoms with E-state index in [9.17, 15) is 14.7 Å². The second kappa shape index (κ2) is 57.4. The van der Waals surface area contributed by atoms with Gasteiger partial charge >= 0.3 is 11.9 Å². The number of carbonyl (C=O) groups excluding carboxylic acids is 2. The molecule has 0 aliphatic rings. The third-order valence-corrected chi connectivity index (χ3v) is 11.9. The average molecular weight is 879 g/mol. The molecule has 0 aromatic carbocycles. The standard InChI is InChI=1S/C26H52O2.C24H44O3.C6H14O/c1-4-7-10-13-16-19-22-25(23-20-17-14-11-8-5-2)28-26(27)24-21-18-15-12-9-6-3;1-4-7-9-10-11-15-20-23(19-13-8-5-2)27-24(26)21-16-12-14-18-22(25)17-6-3;1-2-3-4-5-6-7/h25H,4-24H2,1-3H3;3,22-23,25H,4-5,7-21H2,1-2H3;7H,2-6H2,1H3. The number of rotatable bonds is 45. The Hall–Kier alpha value is -1.58. The third kappa shape index (κ3) is 56.4. The summed E-state index contributed by atoms with van der Waals surface area (Å²) in [6, 6.07) is 0. The van der Waals surface area contributed by atoms with Crippen LogP contribution in [0, 0.1) is 12.3 Å². The van der Waals surface area contributed by atoms with E-state index in [0.29, 0.717) is 25.9 Å². The molecular formula is C56H110O6. The van der Waals surface area contributed by atoms with Gasteiger partial charge in [0.2, 0.25) is 0 Å². The summed E-state index contributed by atoms with van der Waals surface area (Å²) in [7, 11) is 0. The van der Waals surface area contributed by atoms with E-state index in [1.54, 1.807) is 0 Å². The molecule has 0 aliphatic heterocycles. The number of hydrogen-bond donors (Lipinski definition) is 2. The predicted molar refractivity (Wildman–Crippen MR) is 270 cm³/mol. The highest BCUT2D eigenvalue weighted by atomic mass is 16.5. The van der Waals surface area contributed by atoms with Crippen molar-refractivity contribution >= 4 is 11.9 Å². The van der Waals surface area contributed by atoms with Gasteiger partial charge in [-0.1, -0.05) is 215 Å². The first kappa shape index (κ1) is 64.7. The van der Waals surface area contributed by atoms with Gasteiger partial charge in [0.25, 0.3) is 0 Å². The molecule has 0 aromatic heterocycles. The Bertz CT molecular complexity index is 879.